The number of hydrogen-bond acceptors (Lipinski definition) is 3. The zero-order valence-electron chi connectivity index (χ0n) is 9.79. The zero-order chi connectivity index (χ0) is 10.8. The lowest BCUT2D eigenvalue weighted by Crippen LogP contribution is -2.50. The fraction of sp³-hybridized carbons (Fsp3) is 1.00. The molecule has 0 saturated carbocycles. The highest BCUT2D eigenvalue weighted by Gasteiger charge is 2.27. The lowest BCUT2D eigenvalue weighted by molar-refractivity contribution is -0.0892. The molecule has 1 fully saturated rings. The Hall–Kier alpha value is -0.120. The van der Waals surface area contributed by atoms with Crippen LogP contribution in [-0.4, -0.2) is 47.4 Å². The van der Waals surface area contributed by atoms with E-state index in [-0.39, 0.29) is 12.2 Å². The van der Waals surface area contributed by atoms with Gasteiger partial charge in [0.15, 0.2) is 0 Å². The Labute approximate surface area is 87.1 Å². The molecule has 3 heteroatoms. The molecule has 1 unspecified atom stereocenters. The molecule has 0 radical (unpaired) electrons. The second kappa shape index (κ2) is 4.60. The molecule has 0 aromatic heterocycles. The predicted molar refractivity (Wildman–Crippen MR) is 57.4 cm³/mol. The van der Waals surface area contributed by atoms with Gasteiger partial charge in [-0.2, -0.15) is 0 Å². The Morgan fingerprint density at radius 1 is 1.36 bits per heavy atom. The summed E-state index contributed by atoms with van der Waals surface area (Å²) in [6.45, 7) is 10.7. The van der Waals surface area contributed by atoms with E-state index in [9.17, 15) is 5.11 Å². The molecule has 84 valence electrons. The molecule has 1 rings (SSSR count). The molecule has 1 aliphatic rings. The summed E-state index contributed by atoms with van der Waals surface area (Å²) in [7, 11) is 0. The van der Waals surface area contributed by atoms with Gasteiger partial charge in [-0.05, 0) is 27.2 Å². The minimum absolute atomic E-state index is 0.284. The van der Waals surface area contributed by atoms with E-state index in [4.69, 9.17) is 4.74 Å². The fourth-order valence-electron chi connectivity index (χ4n) is 2.01. The van der Waals surface area contributed by atoms with Crippen LogP contribution < -0.4 is 0 Å². The van der Waals surface area contributed by atoms with Gasteiger partial charge in [-0.1, -0.05) is 6.92 Å². The average molecular weight is 201 g/mol. The van der Waals surface area contributed by atoms with Gasteiger partial charge in [0.1, 0.15) is 0 Å². The third-order valence-corrected chi connectivity index (χ3v) is 2.82. The summed E-state index contributed by atoms with van der Waals surface area (Å²) < 4.78 is 5.64. The smallest absolute Gasteiger partial charge is 0.0743 e. The van der Waals surface area contributed by atoms with E-state index in [0.29, 0.717) is 0 Å². The number of hydrogen-bond donors (Lipinski definition) is 1. The first-order chi connectivity index (χ1) is 6.43. The maximum atomic E-state index is 9.97. The van der Waals surface area contributed by atoms with Crippen LogP contribution in [0.15, 0.2) is 0 Å². The molecule has 0 aromatic rings. The van der Waals surface area contributed by atoms with Crippen LogP contribution in [0.4, 0.5) is 0 Å². The Morgan fingerprint density at radius 2 is 1.86 bits per heavy atom. The third-order valence-electron chi connectivity index (χ3n) is 2.82. The molecule has 0 amide bonds. The summed E-state index contributed by atoms with van der Waals surface area (Å²) in [5.41, 5.74) is -0.559. The van der Waals surface area contributed by atoms with Crippen LogP contribution in [0.5, 0.6) is 0 Å². The summed E-state index contributed by atoms with van der Waals surface area (Å²) >= 11 is 0. The van der Waals surface area contributed by atoms with Gasteiger partial charge >= 0.3 is 0 Å². The minimum atomic E-state index is -0.559. The van der Waals surface area contributed by atoms with Crippen LogP contribution in [0.3, 0.4) is 0 Å². The first-order valence-corrected chi connectivity index (χ1v) is 5.53. The van der Waals surface area contributed by atoms with E-state index in [0.717, 1.165) is 26.1 Å². The van der Waals surface area contributed by atoms with Crippen LogP contribution in [0.2, 0.25) is 0 Å². The van der Waals surface area contributed by atoms with Gasteiger partial charge < -0.3 is 9.84 Å². The van der Waals surface area contributed by atoms with Gasteiger partial charge in [0.2, 0.25) is 0 Å². The molecular formula is C11H23NO2. The van der Waals surface area contributed by atoms with E-state index in [1.807, 2.05) is 13.8 Å². The topological polar surface area (TPSA) is 32.7 Å². The van der Waals surface area contributed by atoms with Crippen molar-refractivity contribution >= 4 is 0 Å². The molecule has 0 bridgehead atoms. The van der Waals surface area contributed by atoms with Crippen molar-refractivity contribution < 1.29 is 9.84 Å². The number of aliphatic hydroxyl groups is 1. The number of morpholine rings is 1. The van der Waals surface area contributed by atoms with E-state index in [1.165, 1.54) is 0 Å². The van der Waals surface area contributed by atoms with Crippen LogP contribution in [0, 0.1) is 0 Å². The van der Waals surface area contributed by atoms with Crippen molar-refractivity contribution in [2.75, 3.05) is 19.6 Å². The van der Waals surface area contributed by atoms with Crippen molar-refractivity contribution in [1.29, 1.82) is 0 Å². The number of ether oxygens (including phenoxy) is 1. The van der Waals surface area contributed by atoms with Crippen molar-refractivity contribution in [2.45, 2.75) is 51.9 Å². The van der Waals surface area contributed by atoms with Crippen molar-refractivity contribution in [3.63, 3.8) is 0 Å². The summed E-state index contributed by atoms with van der Waals surface area (Å²) in [5, 5.41) is 9.97. The Bertz CT molecular complexity index is 172. The highest BCUT2D eigenvalue weighted by Crippen LogP contribution is 2.16. The summed E-state index contributed by atoms with van der Waals surface area (Å²) in [6.07, 6.45) is 1.37. The molecule has 0 aromatic carbocycles. The molecule has 14 heavy (non-hydrogen) atoms. The van der Waals surface area contributed by atoms with Crippen molar-refractivity contribution in [2.24, 2.45) is 0 Å². The maximum absolute atomic E-state index is 9.97. The molecular weight excluding hydrogens is 178 g/mol. The summed E-state index contributed by atoms with van der Waals surface area (Å²) in [6, 6.07) is 0. The predicted octanol–water partition coefficient (Wildman–Crippen LogP) is 1.26. The minimum Gasteiger partial charge on any atom is -0.389 e. The van der Waals surface area contributed by atoms with E-state index in [1.54, 1.807) is 0 Å². The molecule has 1 N–H and O–H groups in total. The fourth-order valence-corrected chi connectivity index (χ4v) is 2.01. The molecule has 0 aliphatic carbocycles. The zero-order valence-corrected chi connectivity index (χ0v) is 9.79. The SMILES string of the molecule is CCC(C)(O)CN1C[C@@H](C)O[C@@H](C)C1. The van der Waals surface area contributed by atoms with E-state index in [2.05, 4.69) is 18.7 Å². The number of nitrogens with zero attached hydrogens (tertiary/aromatic N) is 1. The molecule has 1 heterocycles. The second-order valence-corrected chi connectivity index (χ2v) is 4.80. The van der Waals surface area contributed by atoms with Crippen LogP contribution >= 0.6 is 0 Å². The van der Waals surface area contributed by atoms with Gasteiger partial charge in [-0.25, -0.2) is 0 Å². The second-order valence-electron chi connectivity index (χ2n) is 4.80. The first-order valence-electron chi connectivity index (χ1n) is 5.53. The van der Waals surface area contributed by atoms with Gasteiger partial charge in [0, 0.05) is 19.6 Å². The largest absolute Gasteiger partial charge is 0.389 e. The highest BCUT2D eigenvalue weighted by atomic mass is 16.5. The van der Waals surface area contributed by atoms with Crippen LogP contribution in [0.25, 0.3) is 0 Å². The molecule has 3 atom stereocenters. The average Bonchev–Trinajstić information content (AvgIpc) is 2.01. The Balaban J connectivity index is 2.44. The quantitative estimate of drug-likeness (QED) is 0.746. The molecule has 1 saturated heterocycles. The molecule has 3 nitrogen and oxygen atoms in total. The van der Waals surface area contributed by atoms with Gasteiger partial charge in [-0.3, -0.25) is 4.90 Å². The standard InChI is InChI=1S/C11H23NO2/c1-5-11(4,13)8-12-6-9(2)14-10(3)7-12/h9-10,13H,5-8H2,1-4H3/t9-,10+,11?. The summed E-state index contributed by atoms with van der Waals surface area (Å²) in [5.74, 6) is 0. The number of rotatable bonds is 3. The van der Waals surface area contributed by atoms with Crippen molar-refractivity contribution in [3.05, 3.63) is 0 Å². The molecule has 1 aliphatic heterocycles. The first kappa shape index (κ1) is 12.0. The lowest BCUT2D eigenvalue weighted by atomic mass is 10.0. The Kier molecular flexibility index (Phi) is 3.93. The van der Waals surface area contributed by atoms with Gasteiger partial charge in [-0.15, -0.1) is 0 Å². The molecule has 0 spiro atoms. The lowest BCUT2D eigenvalue weighted by Gasteiger charge is -2.38. The van der Waals surface area contributed by atoms with Crippen molar-refractivity contribution in [3.8, 4) is 0 Å². The van der Waals surface area contributed by atoms with E-state index < -0.39 is 5.60 Å². The van der Waals surface area contributed by atoms with Crippen LogP contribution in [-0.2, 0) is 4.74 Å². The number of β-amino-alcohol motifs (C(OH)–C–C–N with tert-alkyl or cyclic N) is 1. The third kappa shape index (κ3) is 3.56. The summed E-state index contributed by atoms with van der Waals surface area (Å²) in [4.78, 5) is 2.29. The van der Waals surface area contributed by atoms with E-state index >= 15 is 0 Å². The highest BCUT2D eigenvalue weighted by molar-refractivity contribution is 4.80. The van der Waals surface area contributed by atoms with Gasteiger partial charge in [0.25, 0.3) is 0 Å². The van der Waals surface area contributed by atoms with Gasteiger partial charge in [0.05, 0.1) is 17.8 Å². The Morgan fingerprint density at radius 3 is 2.29 bits per heavy atom. The maximum Gasteiger partial charge on any atom is 0.0743 e. The van der Waals surface area contributed by atoms with Crippen molar-refractivity contribution in [1.82, 2.24) is 4.90 Å². The monoisotopic (exact) mass is 201 g/mol. The normalized spacial score (nSPS) is 34.1. The van der Waals surface area contributed by atoms with Crippen LogP contribution in [0.1, 0.15) is 34.1 Å².